The summed E-state index contributed by atoms with van der Waals surface area (Å²) in [7, 11) is -1.95. The lowest BCUT2D eigenvalue weighted by molar-refractivity contribution is -0.0958. The molecule has 0 aromatic heterocycles. The first-order valence-corrected chi connectivity index (χ1v) is 14.4. The van der Waals surface area contributed by atoms with E-state index in [4.69, 9.17) is 4.74 Å². The highest BCUT2D eigenvalue weighted by Gasteiger charge is 2.26. The lowest BCUT2D eigenvalue weighted by Gasteiger charge is -2.25. The number of carbonyl (C=O) groups excluding carboxylic acids is 1. The average molecular weight is 468 g/mol. The standard InChI is InChI=1S/C29H29NO3Si/c1-34(2,27-15-7-4-8-16-27)20-19-28(26-18-17-24-13-9-10-14-25(24)21-26)30(32)29(31)33-22-23-11-5-3-6-12-23/h3-21,28,32H,22H2,1-2H3/b20-19+. The molecule has 4 nitrogen and oxygen atoms in total. The second-order valence-corrected chi connectivity index (χ2v) is 13.2. The van der Waals surface area contributed by atoms with Gasteiger partial charge in [-0.3, -0.25) is 5.21 Å². The summed E-state index contributed by atoms with van der Waals surface area (Å²) in [5, 5.41) is 15.1. The van der Waals surface area contributed by atoms with Gasteiger partial charge in [-0.25, -0.2) is 4.79 Å². The number of fused-ring (bicyclic) bond motifs is 1. The van der Waals surface area contributed by atoms with Crippen LogP contribution in [0.25, 0.3) is 10.8 Å². The van der Waals surface area contributed by atoms with Gasteiger partial charge in [-0.2, -0.15) is 5.06 Å². The first-order chi connectivity index (χ1) is 16.4. The molecular weight excluding hydrogens is 438 g/mol. The molecule has 4 rings (SSSR count). The van der Waals surface area contributed by atoms with Crippen molar-refractivity contribution in [3.05, 3.63) is 126 Å². The van der Waals surface area contributed by atoms with Gasteiger partial charge < -0.3 is 4.74 Å². The first-order valence-electron chi connectivity index (χ1n) is 11.4. The Kier molecular flexibility index (Phi) is 7.26. The van der Waals surface area contributed by atoms with Gasteiger partial charge in [-0.1, -0.05) is 127 Å². The molecule has 0 spiro atoms. The van der Waals surface area contributed by atoms with Crippen molar-refractivity contribution in [2.75, 3.05) is 0 Å². The summed E-state index contributed by atoms with van der Waals surface area (Å²) in [5.74, 6) is 0. The van der Waals surface area contributed by atoms with Crippen molar-refractivity contribution in [3.8, 4) is 0 Å². The topological polar surface area (TPSA) is 49.8 Å². The Morgan fingerprint density at radius 2 is 1.50 bits per heavy atom. The van der Waals surface area contributed by atoms with Crippen LogP contribution in [-0.4, -0.2) is 24.4 Å². The van der Waals surface area contributed by atoms with Crippen molar-refractivity contribution >= 4 is 30.1 Å². The molecular formula is C29H29NO3Si. The predicted molar refractivity (Wildman–Crippen MR) is 140 cm³/mol. The molecule has 0 saturated carbocycles. The quantitative estimate of drug-likeness (QED) is 0.189. The van der Waals surface area contributed by atoms with Gasteiger partial charge in [0.15, 0.2) is 0 Å². The fourth-order valence-corrected chi connectivity index (χ4v) is 5.83. The van der Waals surface area contributed by atoms with Crippen LogP contribution in [-0.2, 0) is 11.3 Å². The van der Waals surface area contributed by atoms with Crippen LogP contribution in [0.1, 0.15) is 17.2 Å². The molecule has 0 saturated heterocycles. The maximum Gasteiger partial charge on any atom is 0.434 e. The van der Waals surface area contributed by atoms with Gasteiger partial charge in [-0.05, 0) is 28.0 Å². The minimum Gasteiger partial charge on any atom is -0.443 e. The van der Waals surface area contributed by atoms with E-state index in [1.165, 1.54) is 5.19 Å². The Morgan fingerprint density at radius 1 is 0.882 bits per heavy atom. The largest absolute Gasteiger partial charge is 0.443 e. The smallest absolute Gasteiger partial charge is 0.434 e. The van der Waals surface area contributed by atoms with E-state index in [2.05, 4.69) is 30.9 Å². The molecule has 0 fully saturated rings. The third-order valence-electron chi connectivity index (χ3n) is 5.98. The Labute approximate surface area is 201 Å². The van der Waals surface area contributed by atoms with Crippen LogP contribution in [0.4, 0.5) is 4.79 Å². The number of hydrogen-bond donors (Lipinski definition) is 1. The zero-order chi connectivity index (χ0) is 24.0. The second-order valence-electron chi connectivity index (χ2n) is 8.88. The van der Waals surface area contributed by atoms with E-state index in [-0.39, 0.29) is 6.61 Å². The van der Waals surface area contributed by atoms with Crippen molar-refractivity contribution in [2.24, 2.45) is 0 Å². The average Bonchev–Trinajstić information content (AvgIpc) is 2.88. The predicted octanol–water partition coefficient (Wildman–Crippen LogP) is 6.62. The van der Waals surface area contributed by atoms with Gasteiger partial charge in [0, 0.05) is 0 Å². The summed E-state index contributed by atoms with van der Waals surface area (Å²) in [6.45, 7) is 4.58. The van der Waals surface area contributed by atoms with Crippen LogP contribution in [0, 0.1) is 0 Å². The van der Waals surface area contributed by atoms with Crippen molar-refractivity contribution in [1.29, 1.82) is 0 Å². The first kappa shape index (κ1) is 23.5. The fourth-order valence-electron chi connectivity index (χ4n) is 3.92. The van der Waals surface area contributed by atoms with Gasteiger partial charge in [-0.15, -0.1) is 0 Å². The third-order valence-corrected chi connectivity index (χ3v) is 8.83. The van der Waals surface area contributed by atoms with E-state index in [0.717, 1.165) is 21.9 Å². The Bertz CT molecular complexity index is 1270. The van der Waals surface area contributed by atoms with Crippen molar-refractivity contribution in [3.63, 3.8) is 0 Å². The lowest BCUT2D eigenvalue weighted by atomic mass is 10.0. The molecule has 0 heterocycles. The summed E-state index contributed by atoms with van der Waals surface area (Å²) in [6.07, 6.45) is 1.14. The molecule has 0 aliphatic rings. The number of carbonyl (C=O) groups is 1. The van der Waals surface area contributed by atoms with Crippen LogP contribution >= 0.6 is 0 Å². The highest BCUT2D eigenvalue weighted by Crippen LogP contribution is 2.27. The van der Waals surface area contributed by atoms with Gasteiger partial charge in [0.2, 0.25) is 0 Å². The SMILES string of the molecule is C[Si](C)(/C=C/C(c1ccc2ccccc2c1)N(O)C(=O)OCc1ccccc1)c1ccccc1. The summed E-state index contributed by atoms with van der Waals surface area (Å²) >= 11 is 0. The van der Waals surface area contributed by atoms with E-state index in [1.54, 1.807) is 0 Å². The molecule has 0 aliphatic carbocycles. The molecule has 1 atom stereocenters. The molecule has 0 bridgehead atoms. The lowest BCUT2D eigenvalue weighted by Crippen LogP contribution is -2.40. The molecule has 4 aromatic carbocycles. The number of ether oxygens (including phenoxy) is 1. The number of amides is 1. The summed E-state index contributed by atoms with van der Waals surface area (Å²) in [6, 6.07) is 33.1. The van der Waals surface area contributed by atoms with E-state index in [1.807, 2.05) is 97.1 Å². The summed E-state index contributed by atoms with van der Waals surface area (Å²) in [4.78, 5) is 12.8. The van der Waals surface area contributed by atoms with E-state index >= 15 is 0 Å². The summed E-state index contributed by atoms with van der Waals surface area (Å²) < 4.78 is 5.41. The Balaban J connectivity index is 1.63. The molecule has 1 amide bonds. The van der Waals surface area contributed by atoms with Crippen LogP contribution in [0.2, 0.25) is 13.1 Å². The minimum absolute atomic E-state index is 0.0924. The molecule has 1 unspecified atom stereocenters. The summed E-state index contributed by atoms with van der Waals surface area (Å²) in [5.41, 5.74) is 3.84. The van der Waals surface area contributed by atoms with Crippen molar-refractivity contribution in [1.82, 2.24) is 5.06 Å². The second kappa shape index (κ2) is 10.5. The van der Waals surface area contributed by atoms with Gasteiger partial charge in [0.1, 0.15) is 20.7 Å². The van der Waals surface area contributed by atoms with Crippen LogP contribution in [0.3, 0.4) is 0 Å². The molecule has 172 valence electrons. The normalized spacial score (nSPS) is 12.6. The van der Waals surface area contributed by atoms with E-state index in [0.29, 0.717) is 5.06 Å². The zero-order valence-corrected chi connectivity index (χ0v) is 20.5. The number of rotatable bonds is 7. The van der Waals surface area contributed by atoms with Gasteiger partial charge in [0.25, 0.3) is 0 Å². The number of nitrogens with zero attached hydrogens (tertiary/aromatic N) is 1. The zero-order valence-electron chi connectivity index (χ0n) is 19.5. The van der Waals surface area contributed by atoms with Crippen LogP contribution in [0.5, 0.6) is 0 Å². The monoisotopic (exact) mass is 467 g/mol. The maximum absolute atomic E-state index is 12.8. The molecule has 34 heavy (non-hydrogen) atoms. The van der Waals surface area contributed by atoms with E-state index < -0.39 is 20.2 Å². The number of hydroxylamine groups is 2. The number of hydrogen-bond acceptors (Lipinski definition) is 3. The molecule has 0 radical (unpaired) electrons. The highest BCUT2D eigenvalue weighted by molar-refractivity contribution is 6.93. The fraction of sp³-hybridized carbons (Fsp3) is 0.138. The molecule has 0 aliphatic heterocycles. The maximum atomic E-state index is 12.8. The van der Waals surface area contributed by atoms with Crippen molar-refractivity contribution in [2.45, 2.75) is 25.7 Å². The molecule has 1 N–H and O–H groups in total. The van der Waals surface area contributed by atoms with Gasteiger partial charge >= 0.3 is 6.09 Å². The van der Waals surface area contributed by atoms with Gasteiger partial charge in [0.05, 0.1) is 0 Å². The third kappa shape index (κ3) is 5.62. The Morgan fingerprint density at radius 3 is 2.21 bits per heavy atom. The van der Waals surface area contributed by atoms with E-state index in [9.17, 15) is 10.0 Å². The highest BCUT2D eigenvalue weighted by atomic mass is 28.3. The van der Waals surface area contributed by atoms with Crippen LogP contribution in [0.15, 0.2) is 115 Å². The Hall–Kier alpha value is -3.67. The van der Waals surface area contributed by atoms with Crippen molar-refractivity contribution < 1.29 is 14.7 Å². The van der Waals surface area contributed by atoms with Crippen LogP contribution < -0.4 is 5.19 Å². The molecule has 4 aromatic rings. The minimum atomic E-state index is -1.95. The molecule has 5 heteroatoms. The number of benzene rings is 4.